The zero-order chi connectivity index (χ0) is 18.8. The van der Waals surface area contributed by atoms with Crippen molar-refractivity contribution in [1.82, 2.24) is 0 Å². The van der Waals surface area contributed by atoms with Crippen molar-refractivity contribution in [3.05, 3.63) is 88.8 Å². The van der Waals surface area contributed by atoms with Gasteiger partial charge in [-0.3, -0.25) is 0 Å². The summed E-state index contributed by atoms with van der Waals surface area (Å²) in [5.74, 6) is 0.738. The Hall–Kier alpha value is -2.81. The van der Waals surface area contributed by atoms with Crippen molar-refractivity contribution in [2.75, 3.05) is 7.11 Å². The second kappa shape index (κ2) is 7.43. The zero-order valence-electron chi connectivity index (χ0n) is 15.1. The predicted molar refractivity (Wildman–Crippen MR) is 111 cm³/mol. The normalized spacial score (nSPS) is 10.9. The topological polar surface area (TPSA) is 39.4 Å². The minimum atomic E-state index is -0.271. The van der Waals surface area contributed by atoms with Gasteiger partial charge in [0, 0.05) is 0 Å². The molecule has 0 spiro atoms. The Morgan fingerprint density at radius 3 is 2.37 bits per heavy atom. The summed E-state index contributed by atoms with van der Waals surface area (Å²) in [6.07, 6.45) is 0. The van der Waals surface area contributed by atoms with Crippen LogP contribution in [0.2, 0.25) is 0 Å². The van der Waals surface area contributed by atoms with Crippen molar-refractivity contribution < 1.29 is 9.15 Å². The van der Waals surface area contributed by atoms with Gasteiger partial charge in [0.2, 0.25) is 0 Å². The summed E-state index contributed by atoms with van der Waals surface area (Å²) >= 11 is -0.170. The molecule has 0 radical (unpaired) electrons. The molecule has 0 N–H and O–H groups in total. The van der Waals surface area contributed by atoms with Gasteiger partial charge in [-0.2, -0.15) is 0 Å². The number of fused-ring (bicyclic) bond motifs is 1. The predicted octanol–water partition coefficient (Wildman–Crippen LogP) is 3.43. The number of methoxy groups -OCH3 is 1. The molecule has 0 atom stereocenters. The molecule has 0 aliphatic heterocycles. The van der Waals surface area contributed by atoms with Gasteiger partial charge in [-0.15, -0.1) is 0 Å². The molecule has 4 heteroatoms. The van der Waals surface area contributed by atoms with E-state index in [0.29, 0.717) is 5.58 Å². The van der Waals surface area contributed by atoms with Crippen LogP contribution in [0, 0.1) is 6.92 Å². The molecule has 3 nitrogen and oxygen atoms in total. The average Bonchev–Trinajstić information content (AvgIpc) is 2.70. The van der Waals surface area contributed by atoms with E-state index in [4.69, 9.17) is 9.15 Å². The summed E-state index contributed by atoms with van der Waals surface area (Å²) < 4.78 is 12.9. The van der Waals surface area contributed by atoms with Gasteiger partial charge in [-0.05, 0) is 0 Å². The molecule has 1 aromatic heterocycles. The molecule has 3 aromatic carbocycles. The first kappa shape index (κ1) is 17.6. The van der Waals surface area contributed by atoms with Gasteiger partial charge < -0.3 is 0 Å². The molecule has 0 aliphatic carbocycles. The van der Waals surface area contributed by atoms with Crippen LogP contribution in [-0.4, -0.2) is 22.1 Å². The fourth-order valence-corrected chi connectivity index (χ4v) is 5.02. The molecule has 0 unspecified atom stereocenters. The molecule has 0 saturated carbocycles. The minimum absolute atomic E-state index is 0.170. The van der Waals surface area contributed by atoms with Crippen LogP contribution in [0.15, 0.2) is 82.0 Å². The molecule has 0 aliphatic rings. The van der Waals surface area contributed by atoms with Gasteiger partial charge in [0.1, 0.15) is 0 Å². The first-order valence-corrected chi connectivity index (χ1v) is 10.3. The molecule has 0 fully saturated rings. The van der Waals surface area contributed by atoms with Crippen LogP contribution in [0.5, 0.6) is 5.75 Å². The van der Waals surface area contributed by atoms with Crippen LogP contribution in [0.25, 0.3) is 22.1 Å². The van der Waals surface area contributed by atoms with E-state index in [1.54, 1.807) is 13.2 Å². The number of benzene rings is 3. The van der Waals surface area contributed by atoms with Gasteiger partial charge in [-0.1, -0.05) is 0 Å². The van der Waals surface area contributed by atoms with Crippen molar-refractivity contribution >= 4 is 34.8 Å². The van der Waals surface area contributed by atoms with E-state index in [-0.39, 0.29) is 20.6 Å². The summed E-state index contributed by atoms with van der Waals surface area (Å²) in [5, 5.41) is 0.893. The zero-order valence-corrected chi connectivity index (χ0v) is 16.8. The number of rotatable bonds is 4. The van der Waals surface area contributed by atoms with Crippen molar-refractivity contribution in [1.29, 1.82) is 0 Å². The fraction of sp³-hybridized carbons (Fsp3) is 0.0870. The van der Waals surface area contributed by atoms with E-state index < -0.39 is 0 Å². The summed E-state index contributed by atoms with van der Waals surface area (Å²) in [4.78, 5) is 12.9. The third-order valence-corrected chi connectivity index (χ3v) is 6.65. The molecule has 0 bridgehead atoms. The van der Waals surface area contributed by atoms with Gasteiger partial charge in [0.15, 0.2) is 0 Å². The van der Waals surface area contributed by atoms with Gasteiger partial charge in [0.25, 0.3) is 0 Å². The summed E-state index contributed by atoms with van der Waals surface area (Å²) in [6, 6.07) is 23.9. The van der Waals surface area contributed by atoms with E-state index in [1.807, 2.05) is 42.5 Å². The molecule has 134 valence electrons. The van der Waals surface area contributed by atoms with Gasteiger partial charge in [-0.25, -0.2) is 0 Å². The Morgan fingerprint density at radius 2 is 1.67 bits per heavy atom. The third-order valence-electron chi connectivity index (χ3n) is 4.37. The molecular weight excluding hydrogens is 403 g/mol. The molecule has 27 heavy (non-hydrogen) atoms. The second-order valence-electron chi connectivity index (χ2n) is 6.24. The molecule has 0 saturated heterocycles. The summed E-state index contributed by atoms with van der Waals surface area (Å²) in [6.45, 7) is 2.06. The summed E-state index contributed by atoms with van der Waals surface area (Å²) in [5.41, 5.74) is 3.44. The number of hydrogen-bond donors (Lipinski definition) is 0. The number of aryl methyl sites for hydroxylation is 1. The Balaban J connectivity index is 2.00. The molecule has 0 amide bonds. The van der Waals surface area contributed by atoms with E-state index in [2.05, 4.69) is 31.2 Å². The average molecular weight is 421 g/mol. The maximum atomic E-state index is 12.9. The van der Waals surface area contributed by atoms with Crippen molar-refractivity contribution in [2.45, 2.75) is 6.92 Å². The van der Waals surface area contributed by atoms with Gasteiger partial charge in [0.05, 0.1) is 0 Å². The van der Waals surface area contributed by atoms with Gasteiger partial charge >= 0.3 is 164 Å². The molecular formula is C23H18O3Se. The van der Waals surface area contributed by atoms with Crippen LogP contribution in [0.1, 0.15) is 5.56 Å². The Bertz CT molecular complexity index is 1150. The molecule has 4 rings (SSSR count). The first-order valence-electron chi connectivity index (χ1n) is 8.60. The summed E-state index contributed by atoms with van der Waals surface area (Å²) in [7, 11) is 1.64. The SMILES string of the molecule is COc1ccc2oc(=O)c([Se]c3ccc(C)cc3)c(-c3ccccc3)c2c1. The van der Waals surface area contributed by atoms with E-state index >= 15 is 0 Å². The van der Waals surface area contributed by atoms with Crippen LogP contribution in [0.3, 0.4) is 0 Å². The van der Waals surface area contributed by atoms with Crippen molar-refractivity contribution in [2.24, 2.45) is 0 Å². The monoisotopic (exact) mass is 422 g/mol. The van der Waals surface area contributed by atoms with Crippen LogP contribution < -0.4 is 19.3 Å². The van der Waals surface area contributed by atoms with E-state index in [9.17, 15) is 4.79 Å². The Kier molecular flexibility index (Phi) is 4.84. The first-order chi connectivity index (χ1) is 13.2. The van der Waals surface area contributed by atoms with Crippen LogP contribution >= 0.6 is 0 Å². The van der Waals surface area contributed by atoms with Crippen LogP contribution in [-0.2, 0) is 0 Å². The molecule has 1 heterocycles. The fourth-order valence-electron chi connectivity index (χ4n) is 3.00. The standard InChI is InChI=1S/C23H18O3Se/c1-15-8-11-18(12-9-15)27-22-21(16-6-4-3-5-7-16)19-14-17(25-2)10-13-20(19)26-23(22)24/h3-14H,1-2H3. The van der Waals surface area contributed by atoms with E-state index in [1.165, 1.54) is 5.56 Å². The number of ether oxygens (including phenoxy) is 1. The third kappa shape index (κ3) is 3.55. The van der Waals surface area contributed by atoms with E-state index in [0.717, 1.165) is 31.2 Å². The van der Waals surface area contributed by atoms with Crippen LogP contribution in [0.4, 0.5) is 0 Å². The molecule has 4 aromatic rings. The Morgan fingerprint density at radius 1 is 0.926 bits per heavy atom. The van der Waals surface area contributed by atoms with Crippen molar-refractivity contribution in [3.63, 3.8) is 0 Å². The Labute approximate surface area is 163 Å². The van der Waals surface area contributed by atoms with Crippen molar-refractivity contribution in [3.8, 4) is 16.9 Å². The maximum absolute atomic E-state index is 12.9. The number of hydrogen-bond acceptors (Lipinski definition) is 3. The quantitative estimate of drug-likeness (QED) is 0.375. The second-order valence-corrected chi connectivity index (χ2v) is 8.51.